The molecule has 138 valence electrons. The molecule has 4 rings (SSSR count). The monoisotopic (exact) mass is 428 g/mol. The first kappa shape index (κ1) is 17.5. The van der Waals surface area contributed by atoms with Crippen LogP contribution < -0.4 is 10.3 Å². The Kier molecular flexibility index (Phi) is 4.31. The van der Waals surface area contributed by atoms with Gasteiger partial charge < -0.3 is 5.32 Å². The summed E-state index contributed by atoms with van der Waals surface area (Å²) in [4.78, 5) is 28.6. The fourth-order valence-corrected chi connectivity index (χ4v) is 3.49. The average Bonchev–Trinajstić information content (AvgIpc) is 3.04. The number of hydrazine groups is 1. The second-order valence-corrected chi connectivity index (χ2v) is 7.25. The van der Waals surface area contributed by atoms with Gasteiger partial charge in [0.25, 0.3) is 5.91 Å². The van der Waals surface area contributed by atoms with Crippen molar-refractivity contribution in [3.05, 3.63) is 52.4 Å². The zero-order chi connectivity index (χ0) is 19.1. The van der Waals surface area contributed by atoms with Crippen molar-refractivity contribution in [3.8, 4) is 0 Å². The molecule has 2 amide bonds. The van der Waals surface area contributed by atoms with Crippen LogP contribution >= 0.6 is 15.9 Å². The lowest BCUT2D eigenvalue weighted by molar-refractivity contribution is -0.114. The standard InChI is InChI=1S/C18H17BrN6O2/c1-11(26)21-14-4-3-12-5-6-25(23(2)16(12)7-14)18(27)15-8-17-20-9-13(19)10-24(17)22-15/h3-4,7-10H,5-6H2,1-2H3,(H,21,26). The van der Waals surface area contributed by atoms with E-state index >= 15 is 0 Å². The van der Waals surface area contributed by atoms with Crippen molar-refractivity contribution in [2.45, 2.75) is 13.3 Å². The molecule has 1 N–H and O–H groups in total. The first-order chi connectivity index (χ1) is 12.9. The summed E-state index contributed by atoms with van der Waals surface area (Å²) in [5.41, 5.74) is 3.63. The van der Waals surface area contributed by atoms with Gasteiger partial charge in [-0.25, -0.2) is 14.5 Å². The van der Waals surface area contributed by atoms with Crippen LogP contribution in [0.3, 0.4) is 0 Å². The van der Waals surface area contributed by atoms with Gasteiger partial charge in [0.2, 0.25) is 5.91 Å². The van der Waals surface area contributed by atoms with E-state index in [9.17, 15) is 9.59 Å². The van der Waals surface area contributed by atoms with Gasteiger partial charge in [-0.2, -0.15) is 5.10 Å². The fraction of sp³-hybridized carbons (Fsp3) is 0.222. The van der Waals surface area contributed by atoms with E-state index in [-0.39, 0.29) is 11.8 Å². The molecule has 2 aromatic heterocycles. The van der Waals surface area contributed by atoms with E-state index in [2.05, 4.69) is 31.3 Å². The van der Waals surface area contributed by atoms with Crippen LogP contribution in [0.5, 0.6) is 0 Å². The summed E-state index contributed by atoms with van der Waals surface area (Å²) >= 11 is 3.35. The largest absolute Gasteiger partial charge is 0.326 e. The molecule has 8 nitrogen and oxygen atoms in total. The molecule has 27 heavy (non-hydrogen) atoms. The minimum absolute atomic E-state index is 0.135. The number of halogens is 1. The minimum Gasteiger partial charge on any atom is -0.326 e. The van der Waals surface area contributed by atoms with Gasteiger partial charge in [-0.1, -0.05) is 6.07 Å². The Labute approximate surface area is 163 Å². The van der Waals surface area contributed by atoms with Gasteiger partial charge in [0, 0.05) is 44.7 Å². The van der Waals surface area contributed by atoms with Gasteiger partial charge in [0.15, 0.2) is 11.3 Å². The van der Waals surface area contributed by atoms with E-state index in [4.69, 9.17) is 0 Å². The third-order valence-electron chi connectivity index (χ3n) is 4.44. The molecule has 0 aliphatic carbocycles. The number of anilines is 2. The molecule has 3 aromatic rings. The molecular formula is C18H17BrN6O2. The maximum atomic E-state index is 13.0. The molecule has 1 aromatic carbocycles. The van der Waals surface area contributed by atoms with Crippen molar-refractivity contribution in [1.29, 1.82) is 0 Å². The number of nitrogens with one attached hydrogen (secondary N) is 1. The molecule has 1 aliphatic heterocycles. The third kappa shape index (κ3) is 3.25. The van der Waals surface area contributed by atoms with Crippen molar-refractivity contribution in [1.82, 2.24) is 19.6 Å². The van der Waals surface area contributed by atoms with Gasteiger partial charge in [0.1, 0.15) is 0 Å². The maximum absolute atomic E-state index is 13.0. The summed E-state index contributed by atoms with van der Waals surface area (Å²) in [5.74, 6) is -0.334. The molecule has 1 aliphatic rings. The Morgan fingerprint density at radius 1 is 1.26 bits per heavy atom. The van der Waals surface area contributed by atoms with Crippen molar-refractivity contribution < 1.29 is 9.59 Å². The summed E-state index contributed by atoms with van der Waals surface area (Å²) in [6.07, 6.45) is 4.15. The molecule has 0 spiro atoms. The van der Waals surface area contributed by atoms with Crippen molar-refractivity contribution >= 4 is 44.8 Å². The second-order valence-electron chi connectivity index (χ2n) is 6.33. The van der Waals surface area contributed by atoms with E-state index in [0.29, 0.717) is 23.6 Å². The molecule has 3 heterocycles. The number of hydrogen-bond acceptors (Lipinski definition) is 5. The Balaban J connectivity index is 1.64. The Morgan fingerprint density at radius 3 is 2.85 bits per heavy atom. The molecule has 0 saturated heterocycles. The summed E-state index contributed by atoms with van der Waals surface area (Å²) in [6, 6.07) is 7.40. The average molecular weight is 429 g/mol. The van der Waals surface area contributed by atoms with Crippen molar-refractivity contribution in [3.63, 3.8) is 0 Å². The molecule has 0 fully saturated rings. The molecule has 0 radical (unpaired) electrons. The number of hydrogen-bond donors (Lipinski definition) is 1. The van der Waals surface area contributed by atoms with E-state index < -0.39 is 0 Å². The number of rotatable bonds is 2. The minimum atomic E-state index is -0.199. The normalized spacial score (nSPS) is 13.6. The number of amides is 2. The van der Waals surface area contributed by atoms with Crippen LogP contribution in [0.2, 0.25) is 0 Å². The van der Waals surface area contributed by atoms with Crippen LogP contribution in [0, 0.1) is 0 Å². The molecule has 9 heteroatoms. The predicted molar refractivity (Wildman–Crippen MR) is 105 cm³/mol. The van der Waals surface area contributed by atoms with Crippen LogP contribution in [0.25, 0.3) is 5.65 Å². The molecule has 0 saturated carbocycles. The number of aromatic nitrogens is 3. The first-order valence-electron chi connectivity index (χ1n) is 8.39. The predicted octanol–water partition coefficient (Wildman–Crippen LogP) is 2.50. The zero-order valence-electron chi connectivity index (χ0n) is 14.8. The smallest absolute Gasteiger partial charge is 0.292 e. The van der Waals surface area contributed by atoms with Crippen molar-refractivity contribution in [2.24, 2.45) is 0 Å². The van der Waals surface area contributed by atoms with Crippen LogP contribution in [-0.2, 0) is 11.2 Å². The van der Waals surface area contributed by atoms with Gasteiger partial charge in [0.05, 0.1) is 10.2 Å². The highest BCUT2D eigenvalue weighted by Gasteiger charge is 2.28. The number of fused-ring (bicyclic) bond motifs is 2. The van der Waals surface area contributed by atoms with E-state index in [1.54, 1.807) is 33.0 Å². The van der Waals surface area contributed by atoms with Gasteiger partial charge in [-0.15, -0.1) is 0 Å². The van der Waals surface area contributed by atoms with E-state index in [0.717, 1.165) is 22.1 Å². The molecule has 0 unspecified atom stereocenters. The fourth-order valence-electron chi connectivity index (χ4n) is 3.19. The summed E-state index contributed by atoms with van der Waals surface area (Å²) in [7, 11) is 1.83. The highest BCUT2D eigenvalue weighted by Crippen LogP contribution is 2.30. The van der Waals surface area contributed by atoms with Crippen molar-refractivity contribution in [2.75, 3.05) is 23.9 Å². The van der Waals surface area contributed by atoms with Crippen LogP contribution in [0.4, 0.5) is 11.4 Å². The SMILES string of the molecule is CC(=O)Nc1ccc2c(c1)N(C)N(C(=O)c1cc3ncc(Br)cn3n1)CC2. The lowest BCUT2D eigenvalue weighted by atomic mass is 10.1. The van der Waals surface area contributed by atoms with Gasteiger partial charge in [-0.05, 0) is 40.0 Å². The second kappa shape index (κ2) is 6.66. The number of benzene rings is 1. The number of carbonyl (C=O) groups excluding carboxylic acids is 2. The Bertz CT molecular complexity index is 1060. The van der Waals surface area contributed by atoms with Gasteiger partial charge >= 0.3 is 0 Å². The van der Waals surface area contributed by atoms with Crippen LogP contribution in [-0.4, -0.2) is 45.0 Å². The molecular weight excluding hydrogens is 412 g/mol. The molecule has 0 atom stereocenters. The highest BCUT2D eigenvalue weighted by molar-refractivity contribution is 9.10. The summed E-state index contributed by atoms with van der Waals surface area (Å²) in [6.45, 7) is 2.02. The Hall–Kier alpha value is -2.94. The number of carbonyl (C=O) groups is 2. The third-order valence-corrected chi connectivity index (χ3v) is 4.85. The lowest BCUT2D eigenvalue weighted by Gasteiger charge is -2.38. The quantitative estimate of drug-likeness (QED) is 0.677. The first-order valence-corrected chi connectivity index (χ1v) is 9.18. The maximum Gasteiger partial charge on any atom is 0.292 e. The summed E-state index contributed by atoms with van der Waals surface area (Å²) in [5, 5.41) is 10.6. The number of nitrogens with zero attached hydrogens (tertiary/aromatic N) is 5. The zero-order valence-corrected chi connectivity index (χ0v) is 16.4. The topological polar surface area (TPSA) is 82.8 Å². The highest BCUT2D eigenvalue weighted by atomic mass is 79.9. The van der Waals surface area contributed by atoms with E-state index in [1.165, 1.54) is 6.92 Å². The Morgan fingerprint density at radius 2 is 2.07 bits per heavy atom. The van der Waals surface area contributed by atoms with E-state index in [1.807, 2.05) is 25.2 Å². The lowest BCUT2D eigenvalue weighted by Crippen LogP contribution is -2.48. The van der Waals surface area contributed by atoms with Crippen LogP contribution in [0.15, 0.2) is 41.1 Å². The molecule has 0 bridgehead atoms. The van der Waals surface area contributed by atoms with Gasteiger partial charge in [-0.3, -0.25) is 14.6 Å². The summed E-state index contributed by atoms with van der Waals surface area (Å²) < 4.78 is 2.36. The van der Waals surface area contributed by atoms with Crippen LogP contribution in [0.1, 0.15) is 23.0 Å².